The lowest BCUT2D eigenvalue weighted by Crippen LogP contribution is -2.40. The Labute approximate surface area is 117 Å². The molecule has 0 unspecified atom stereocenters. The van der Waals surface area contributed by atoms with Gasteiger partial charge < -0.3 is 5.32 Å². The number of amides is 1. The number of carbonyl (C=O) groups is 1. The van der Waals surface area contributed by atoms with Crippen LogP contribution < -0.4 is 5.32 Å². The van der Waals surface area contributed by atoms with Gasteiger partial charge >= 0.3 is 0 Å². The van der Waals surface area contributed by atoms with Crippen molar-refractivity contribution in [1.82, 2.24) is 10.3 Å². The van der Waals surface area contributed by atoms with E-state index < -0.39 is 0 Å². The molecule has 1 amide bonds. The van der Waals surface area contributed by atoms with Gasteiger partial charge in [0.1, 0.15) is 5.69 Å². The number of benzene rings is 1. The van der Waals surface area contributed by atoms with E-state index in [1.165, 1.54) is 0 Å². The van der Waals surface area contributed by atoms with E-state index >= 15 is 0 Å². The van der Waals surface area contributed by atoms with E-state index in [1.807, 2.05) is 58.0 Å². The molecular weight excluding hydrogens is 256 g/mol. The van der Waals surface area contributed by atoms with E-state index in [1.54, 1.807) is 11.3 Å². The Hall–Kier alpha value is -1.68. The van der Waals surface area contributed by atoms with Gasteiger partial charge in [0.05, 0.1) is 9.88 Å². The summed E-state index contributed by atoms with van der Waals surface area (Å²) in [6.07, 6.45) is 0. The highest BCUT2D eigenvalue weighted by Crippen LogP contribution is 2.30. The number of hydrogen-bond acceptors (Lipinski definition) is 3. The molecule has 3 nitrogen and oxygen atoms in total. The Bertz CT molecular complexity index is 582. The van der Waals surface area contributed by atoms with Crippen LogP contribution in [0.3, 0.4) is 0 Å². The van der Waals surface area contributed by atoms with Crippen LogP contribution in [0.5, 0.6) is 0 Å². The molecule has 0 radical (unpaired) electrons. The highest BCUT2D eigenvalue weighted by atomic mass is 32.1. The van der Waals surface area contributed by atoms with Gasteiger partial charge in [0.2, 0.25) is 0 Å². The Morgan fingerprint density at radius 1 is 1.21 bits per heavy atom. The van der Waals surface area contributed by atoms with Crippen LogP contribution in [0.4, 0.5) is 0 Å². The highest BCUT2D eigenvalue weighted by Gasteiger charge is 2.22. The lowest BCUT2D eigenvalue weighted by atomic mass is 10.1. The predicted molar refractivity (Wildman–Crippen MR) is 79.5 cm³/mol. The number of rotatable bonds is 2. The van der Waals surface area contributed by atoms with Gasteiger partial charge in [0.15, 0.2) is 0 Å². The first-order valence-corrected chi connectivity index (χ1v) is 7.04. The van der Waals surface area contributed by atoms with E-state index in [2.05, 4.69) is 10.3 Å². The molecule has 2 aromatic rings. The normalized spacial score (nSPS) is 11.4. The summed E-state index contributed by atoms with van der Waals surface area (Å²) in [7, 11) is 0. The molecule has 0 fully saturated rings. The van der Waals surface area contributed by atoms with Gasteiger partial charge in [-0.2, -0.15) is 0 Å². The smallest absolute Gasteiger partial charge is 0.271 e. The molecule has 0 bridgehead atoms. The number of thiazole rings is 1. The zero-order valence-electron chi connectivity index (χ0n) is 11.7. The van der Waals surface area contributed by atoms with E-state index in [9.17, 15) is 4.79 Å². The maximum atomic E-state index is 12.3. The van der Waals surface area contributed by atoms with Gasteiger partial charge in [-0.15, -0.1) is 11.3 Å². The van der Waals surface area contributed by atoms with E-state index in [0.29, 0.717) is 5.69 Å². The molecule has 0 saturated heterocycles. The first kappa shape index (κ1) is 13.7. The average molecular weight is 274 g/mol. The SMILES string of the molecule is Cc1nc(C(=O)NC(C)(C)C)c(-c2ccccc2)s1. The van der Waals surface area contributed by atoms with Crippen molar-refractivity contribution < 1.29 is 4.79 Å². The zero-order chi connectivity index (χ0) is 14.0. The van der Waals surface area contributed by atoms with Crippen molar-refractivity contribution >= 4 is 17.2 Å². The van der Waals surface area contributed by atoms with Crippen molar-refractivity contribution in [1.29, 1.82) is 0 Å². The fraction of sp³-hybridized carbons (Fsp3) is 0.333. The Balaban J connectivity index is 2.40. The van der Waals surface area contributed by atoms with Crippen molar-refractivity contribution in [2.24, 2.45) is 0 Å². The Morgan fingerprint density at radius 3 is 2.42 bits per heavy atom. The standard InChI is InChI=1S/C15H18N2OS/c1-10-16-12(14(18)17-15(2,3)4)13(19-10)11-8-6-5-7-9-11/h5-9H,1-4H3,(H,17,18). The maximum absolute atomic E-state index is 12.3. The van der Waals surface area contributed by atoms with E-state index in [-0.39, 0.29) is 11.4 Å². The fourth-order valence-electron chi connectivity index (χ4n) is 1.77. The summed E-state index contributed by atoms with van der Waals surface area (Å²) >= 11 is 1.55. The summed E-state index contributed by atoms with van der Waals surface area (Å²) < 4.78 is 0. The van der Waals surface area contributed by atoms with Gasteiger partial charge in [-0.3, -0.25) is 4.79 Å². The minimum atomic E-state index is -0.261. The van der Waals surface area contributed by atoms with Gasteiger partial charge in [0.25, 0.3) is 5.91 Å². The number of nitrogens with one attached hydrogen (secondary N) is 1. The van der Waals surface area contributed by atoms with Crippen LogP contribution in [0.1, 0.15) is 36.3 Å². The van der Waals surface area contributed by atoms with Crippen LogP contribution in [-0.4, -0.2) is 16.4 Å². The van der Waals surface area contributed by atoms with Crippen LogP contribution in [-0.2, 0) is 0 Å². The quantitative estimate of drug-likeness (QED) is 0.908. The Morgan fingerprint density at radius 2 is 1.84 bits per heavy atom. The van der Waals surface area contributed by atoms with Gasteiger partial charge in [-0.1, -0.05) is 30.3 Å². The van der Waals surface area contributed by atoms with Crippen molar-refractivity contribution in [3.05, 3.63) is 41.0 Å². The first-order valence-electron chi connectivity index (χ1n) is 6.22. The van der Waals surface area contributed by atoms with Crippen molar-refractivity contribution in [2.45, 2.75) is 33.2 Å². The first-order chi connectivity index (χ1) is 8.87. The highest BCUT2D eigenvalue weighted by molar-refractivity contribution is 7.15. The lowest BCUT2D eigenvalue weighted by Gasteiger charge is -2.20. The summed E-state index contributed by atoms with van der Waals surface area (Å²) in [6, 6.07) is 9.90. The molecule has 0 spiro atoms. The monoisotopic (exact) mass is 274 g/mol. The third kappa shape index (κ3) is 3.41. The molecule has 19 heavy (non-hydrogen) atoms. The summed E-state index contributed by atoms with van der Waals surface area (Å²) in [6.45, 7) is 7.82. The molecule has 1 N–H and O–H groups in total. The van der Waals surface area contributed by atoms with Crippen molar-refractivity contribution in [2.75, 3.05) is 0 Å². The number of aryl methyl sites for hydroxylation is 1. The summed E-state index contributed by atoms with van der Waals surface area (Å²) in [5, 5.41) is 3.86. The molecule has 100 valence electrons. The van der Waals surface area contributed by atoms with Crippen LogP contribution in [0.2, 0.25) is 0 Å². The molecule has 1 aromatic heterocycles. The molecule has 0 aliphatic carbocycles. The van der Waals surface area contributed by atoms with Crippen LogP contribution >= 0.6 is 11.3 Å². The predicted octanol–water partition coefficient (Wildman–Crippen LogP) is 3.65. The van der Waals surface area contributed by atoms with E-state index in [4.69, 9.17) is 0 Å². The van der Waals surface area contributed by atoms with Crippen LogP contribution in [0.25, 0.3) is 10.4 Å². The largest absolute Gasteiger partial charge is 0.346 e. The molecule has 0 atom stereocenters. The molecule has 2 rings (SSSR count). The second-order valence-electron chi connectivity index (χ2n) is 5.48. The third-order valence-corrected chi connectivity index (χ3v) is 3.49. The van der Waals surface area contributed by atoms with Crippen molar-refractivity contribution in [3.63, 3.8) is 0 Å². The number of nitrogens with zero attached hydrogens (tertiary/aromatic N) is 1. The summed E-state index contributed by atoms with van der Waals surface area (Å²) in [4.78, 5) is 17.6. The zero-order valence-corrected chi connectivity index (χ0v) is 12.5. The maximum Gasteiger partial charge on any atom is 0.271 e. The summed E-state index contributed by atoms with van der Waals surface area (Å²) in [5.41, 5.74) is 1.29. The lowest BCUT2D eigenvalue weighted by molar-refractivity contribution is 0.0915. The van der Waals surface area contributed by atoms with Gasteiger partial charge in [0, 0.05) is 5.54 Å². The second-order valence-corrected chi connectivity index (χ2v) is 6.68. The molecule has 0 aliphatic heterocycles. The van der Waals surface area contributed by atoms with Crippen LogP contribution in [0.15, 0.2) is 30.3 Å². The third-order valence-electron chi connectivity index (χ3n) is 2.47. The summed E-state index contributed by atoms with van der Waals surface area (Å²) in [5.74, 6) is -0.115. The second kappa shape index (κ2) is 5.13. The molecule has 1 aromatic carbocycles. The van der Waals surface area contributed by atoms with Gasteiger partial charge in [-0.25, -0.2) is 4.98 Å². The molecule has 0 aliphatic rings. The van der Waals surface area contributed by atoms with Crippen molar-refractivity contribution in [3.8, 4) is 10.4 Å². The molecule has 4 heteroatoms. The number of carbonyl (C=O) groups excluding carboxylic acids is 1. The number of hydrogen-bond donors (Lipinski definition) is 1. The molecule has 1 heterocycles. The topological polar surface area (TPSA) is 42.0 Å². The van der Waals surface area contributed by atoms with Crippen LogP contribution in [0, 0.1) is 6.92 Å². The average Bonchev–Trinajstić information content (AvgIpc) is 2.70. The number of aromatic nitrogens is 1. The van der Waals surface area contributed by atoms with E-state index in [0.717, 1.165) is 15.4 Å². The Kier molecular flexibility index (Phi) is 3.71. The van der Waals surface area contributed by atoms with Gasteiger partial charge in [-0.05, 0) is 33.3 Å². The fourth-order valence-corrected chi connectivity index (χ4v) is 2.69. The molecule has 0 saturated carbocycles. The minimum absolute atomic E-state index is 0.115. The molecular formula is C15H18N2OS. The minimum Gasteiger partial charge on any atom is -0.346 e.